The molecule has 0 radical (unpaired) electrons. The minimum absolute atomic E-state index is 0.635. The molecule has 0 saturated heterocycles. The third-order valence-corrected chi connectivity index (χ3v) is 3.68. The van der Waals surface area contributed by atoms with Gasteiger partial charge in [-0.25, -0.2) is 10.8 Å². The van der Waals surface area contributed by atoms with Crippen LogP contribution in [0.4, 0.5) is 5.82 Å². The molecule has 0 saturated carbocycles. The normalized spacial score (nSPS) is 10.4. The summed E-state index contributed by atoms with van der Waals surface area (Å²) >= 11 is 9.41. The summed E-state index contributed by atoms with van der Waals surface area (Å²) in [5.74, 6) is 6.03. The van der Waals surface area contributed by atoms with Gasteiger partial charge in [-0.15, -0.1) is 0 Å². The molecule has 3 N–H and O–H groups in total. The molecule has 0 amide bonds. The van der Waals surface area contributed by atoms with Gasteiger partial charge in [-0.05, 0) is 46.6 Å². The lowest BCUT2D eigenvalue weighted by atomic mass is 10.1. The second-order valence-electron chi connectivity index (χ2n) is 3.61. The summed E-state index contributed by atoms with van der Waals surface area (Å²) in [4.78, 5) is 4.29. The van der Waals surface area contributed by atoms with Crippen LogP contribution in [-0.2, 0) is 0 Å². The van der Waals surface area contributed by atoms with E-state index in [2.05, 4.69) is 26.3 Å². The lowest BCUT2D eigenvalue weighted by Gasteiger charge is -2.10. The van der Waals surface area contributed by atoms with Gasteiger partial charge in [0.05, 0.1) is 5.69 Å². The number of hydrogen-bond donors (Lipinski definition) is 2. The fourth-order valence-corrected chi connectivity index (χ4v) is 2.13. The maximum atomic E-state index is 5.87. The average Bonchev–Trinajstić information content (AvgIpc) is 2.34. The number of hydrazine groups is 1. The summed E-state index contributed by atoms with van der Waals surface area (Å²) < 4.78 is 0.957. The monoisotopic (exact) mass is 311 g/mol. The predicted octanol–water partition coefficient (Wildman–Crippen LogP) is 3.76. The first kappa shape index (κ1) is 12.4. The van der Waals surface area contributed by atoms with E-state index in [0.29, 0.717) is 10.8 Å². The molecule has 0 aliphatic rings. The number of rotatable bonds is 2. The van der Waals surface area contributed by atoms with E-state index in [1.54, 1.807) is 0 Å². The van der Waals surface area contributed by atoms with E-state index >= 15 is 0 Å². The van der Waals surface area contributed by atoms with Crippen LogP contribution in [0.5, 0.6) is 0 Å². The van der Waals surface area contributed by atoms with Crippen LogP contribution in [0, 0.1) is 6.92 Å². The lowest BCUT2D eigenvalue weighted by molar-refractivity contribution is 1.15. The predicted molar refractivity (Wildman–Crippen MR) is 74.9 cm³/mol. The van der Waals surface area contributed by atoms with Crippen LogP contribution in [0.1, 0.15) is 5.69 Å². The van der Waals surface area contributed by atoms with Gasteiger partial charge in [0.15, 0.2) is 0 Å². The summed E-state index contributed by atoms with van der Waals surface area (Å²) in [6.45, 7) is 1.92. The quantitative estimate of drug-likeness (QED) is 0.656. The van der Waals surface area contributed by atoms with Gasteiger partial charge >= 0.3 is 0 Å². The van der Waals surface area contributed by atoms with Gasteiger partial charge < -0.3 is 5.43 Å². The fourth-order valence-electron chi connectivity index (χ4n) is 1.57. The number of anilines is 1. The van der Waals surface area contributed by atoms with E-state index in [0.717, 1.165) is 21.3 Å². The molecule has 0 aliphatic heterocycles. The van der Waals surface area contributed by atoms with Crippen molar-refractivity contribution in [3.63, 3.8) is 0 Å². The van der Waals surface area contributed by atoms with Crippen LogP contribution >= 0.6 is 27.5 Å². The highest BCUT2D eigenvalue weighted by Crippen LogP contribution is 2.32. The Morgan fingerprint density at radius 2 is 1.94 bits per heavy atom. The van der Waals surface area contributed by atoms with Crippen molar-refractivity contribution >= 4 is 33.3 Å². The summed E-state index contributed by atoms with van der Waals surface area (Å²) in [7, 11) is 0. The Morgan fingerprint density at radius 1 is 1.29 bits per heavy atom. The van der Waals surface area contributed by atoms with Crippen LogP contribution in [0.25, 0.3) is 11.1 Å². The third-order valence-electron chi connectivity index (χ3n) is 2.43. The Balaban J connectivity index is 2.57. The van der Waals surface area contributed by atoms with Gasteiger partial charge in [-0.3, -0.25) is 0 Å². The summed E-state index contributed by atoms with van der Waals surface area (Å²) in [6.07, 6.45) is 0. The lowest BCUT2D eigenvalue weighted by Crippen LogP contribution is -2.09. The molecule has 0 bridgehead atoms. The Morgan fingerprint density at radius 3 is 2.53 bits per heavy atom. The first-order chi connectivity index (χ1) is 8.11. The Hall–Kier alpha value is -1.10. The number of halogens is 2. The number of benzene rings is 1. The molecule has 1 aromatic heterocycles. The van der Waals surface area contributed by atoms with Crippen LogP contribution in [0.15, 0.2) is 34.8 Å². The number of aromatic nitrogens is 1. The van der Waals surface area contributed by atoms with Gasteiger partial charge in [0.25, 0.3) is 0 Å². The molecule has 5 heteroatoms. The molecule has 1 heterocycles. The van der Waals surface area contributed by atoms with Crippen molar-refractivity contribution in [3.05, 3.63) is 45.5 Å². The second kappa shape index (κ2) is 5.04. The molecule has 17 heavy (non-hydrogen) atoms. The number of nitrogens with two attached hydrogens (primary N) is 1. The average molecular weight is 313 g/mol. The van der Waals surface area contributed by atoms with Gasteiger partial charge in [0.1, 0.15) is 5.82 Å². The van der Waals surface area contributed by atoms with E-state index in [-0.39, 0.29) is 0 Å². The molecule has 0 aliphatic carbocycles. The molecular formula is C12H11BrClN3. The van der Waals surface area contributed by atoms with Gasteiger partial charge in [-0.2, -0.15) is 0 Å². The minimum Gasteiger partial charge on any atom is -0.308 e. The van der Waals surface area contributed by atoms with E-state index in [4.69, 9.17) is 17.4 Å². The summed E-state index contributed by atoms with van der Waals surface area (Å²) in [5, 5.41) is 0.716. The molecule has 0 atom stereocenters. The van der Waals surface area contributed by atoms with Crippen molar-refractivity contribution in [2.24, 2.45) is 5.84 Å². The van der Waals surface area contributed by atoms with E-state index in [1.165, 1.54) is 0 Å². The molecule has 0 spiro atoms. The first-order valence-corrected chi connectivity index (χ1v) is 6.18. The Bertz CT molecular complexity index is 540. The molecule has 3 nitrogen and oxygen atoms in total. The van der Waals surface area contributed by atoms with Crippen LogP contribution in [0.2, 0.25) is 5.02 Å². The van der Waals surface area contributed by atoms with Gasteiger partial charge in [0.2, 0.25) is 0 Å². The number of nitrogen functional groups attached to an aromatic ring is 1. The fraction of sp³-hybridized carbons (Fsp3) is 0.0833. The maximum Gasteiger partial charge on any atom is 0.140 e. The van der Waals surface area contributed by atoms with E-state index in [1.807, 2.05) is 37.3 Å². The zero-order valence-corrected chi connectivity index (χ0v) is 11.5. The largest absolute Gasteiger partial charge is 0.308 e. The maximum absolute atomic E-state index is 5.87. The highest BCUT2D eigenvalue weighted by Gasteiger charge is 2.08. The second-order valence-corrected chi connectivity index (χ2v) is 4.84. The molecule has 2 rings (SSSR count). The zero-order valence-electron chi connectivity index (χ0n) is 9.17. The summed E-state index contributed by atoms with van der Waals surface area (Å²) in [5.41, 5.74) is 5.53. The van der Waals surface area contributed by atoms with Crippen LogP contribution in [-0.4, -0.2) is 4.98 Å². The highest BCUT2D eigenvalue weighted by molar-refractivity contribution is 9.10. The SMILES string of the molecule is Cc1nc(NN)cc(-c2ccc(Cl)cc2)c1Br. The van der Waals surface area contributed by atoms with Crippen molar-refractivity contribution in [2.45, 2.75) is 6.92 Å². The molecule has 0 fully saturated rings. The van der Waals surface area contributed by atoms with Crippen molar-refractivity contribution < 1.29 is 0 Å². The molecule has 88 valence electrons. The van der Waals surface area contributed by atoms with Crippen molar-refractivity contribution in [2.75, 3.05) is 5.43 Å². The molecule has 1 aromatic carbocycles. The van der Waals surface area contributed by atoms with Gasteiger partial charge in [-0.1, -0.05) is 23.7 Å². The molecule has 0 unspecified atom stereocenters. The number of pyridine rings is 1. The number of hydrogen-bond acceptors (Lipinski definition) is 3. The minimum atomic E-state index is 0.635. The van der Waals surface area contributed by atoms with Crippen LogP contribution < -0.4 is 11.3 Å². The molecule has 2 aromatic rings. The van der Waals surface area contributed by atoms with Crippen molar-refractivity contribution in [1.29, 1.82) is 0 Å². The topological polar surface area (TPSA) is 50.9 Å². The van der Waals surface area contributed by atoms with E-state index in [9.17, 15) is 0 Å². The Kier molecular flexibility index (Phi) is 3.66. The zero-order chi connectivity index (χ0) is 12.4. The third kappa shape index (κ3) is 2.60. The van der Waals surface area contributed by atoms with Crippen molar-refractivity contribution in [1.82, 2.24) is 4.98 Å². The van der Waals surface area contributed by atoms with E-state index < -0.39 is 0 Å². The van der Waals surface area contributed by atoms with Crippen LogP contribution in [0.3, 0.4) is 0 Å². The number of nitrogens with one attached hydrogen (secondary N) is 1. The number of aryl methyl sites for hydroxylation is 1. The number of nitrogens with zero attached hydrogens (tertiary/aromatic N) is 1. The highest BCUT2D eigenvalue weighted by atomic mass is 79.9. The standard InChI is InChI=1S/C12H11BrClN3/c1-7-12(13)10(6-11(16-7)17-15)8-2-4-9(14)5-3-8/h2-6H,15H2,1H3,(H,16,17). The van der Waals surface area contributed by atoms with Crippen molar-refractivity contribution in [3.8, 4) is 11.1 Å². The smallest absolute Gasteiger partial charge is 0.140 e. The first-order valence-electron chi connectivity index (χ1n) is 5.01. The Labute approximate surface area is 113 Å². The van der Waals surface area contributed by atoms with Gasteiger partial charge in [0, 0.05) is 15.1 Å². The molecular weight excluding hydrogens is 302 g/mol. The summed E-state index contributed by atoms with van der Waals surface area (Å²) in [6, 6.07) is 9.52.